The van der Waals surface area contributed by atoms with Gasteiger partial charge in [-0.25, -0.2) is 0 Å². The van der Waals surface area contributed by atoms with E-state index < -0.39 is 10.8 Å². The van der Waals surface area contributed by atoms with E-state index in [0.29, 0.717) is 4.90 Å². The Balaban J connectivity index is 1.53. The van der Waals surface area contributed by atoms with Crippen molar-refractivity contribution in [2.75, 3.05) is 5.75 Å². The maximum atomic E-state index is 13.2. The van der Waals surface area contributed by atoms with E-state index >= 15 is 0 Å². The first kappa shape index (κ1) is 20.4. The maximum absolute atomic E-state index is 13.2. The van der Waals surface area contributed by atoms with Crippen LogP contribution < -0.4 is 5.73 Å². The highest BCUT2D eigenvalue weighted by Crippen LogP contribution is 2.41. The fourth-order valence-corrected chi connectivity index (χ4v) is 5.02. The van der Waals surface area contributed by atoms with E-state index in [9.17, 15) is 19.7 Å². The highest BCUT2D eigenvalue weighted by atomic mass is 32.2. The van der Waals surface area contributed by atoms with Crippen molar-refractivity contribution in [1.82, 2.24) is 4.90 Å². The van der Waals surface area contributed by atoms with E-state index in [1.165, 1.54) is 29.3 Å². The van der Waals surface area contributed by atoms with Crippen LogP contribution in [0, 0.1) is 10.1 Å². The number of nitro benzene ring substituents is 1. The van der Waals surface area contributed by atoms with Crippen molar-refractivity contribution >= 4 is 29.3 Å². The number of primary amides is 1. The summed E-state index contributed by atoms with van der Waals surface area (Å²) in [6, 6.07) is 12.7. The van der Waals surface area contributed by atoms with Gasteiger partial charge in [0.1, 0.15) is 0 Å². The number of carbonyl (C=O) groups excluding carboxylic acids is 2. The average molecular weight is 426 g/mol. The first-order valence-corrected chi connectivity index (χ1v) is 11.0. The van der Waals surface area contributed by atoms with Gasteiger partial charge in [-0.15, -0.1) is 11.8 Å². The monoisotopic (exact) mass is 425 g/mol. The van der Waals surface area contributed by atoms with Crippen molar-refractivity contribution in [2.24, 2.45) is 5.73 Å². The third-order valence-corrected chi connectivity index (χ3v) is 6.74. The third-order valence-electron chi connectivity index (χ3n) is 5.69. The highest BCUT2D eigenvalue weighted by molar-refractivity contribution is 8.00. The number of hydrogen-bond donors (Lipinski definition) is 1. The van der Waals surface area contributed by atoms with Gasteiger partial charge in [-0.2, -0.15) is 0 Å². The largest absolute Gasteiger partial charge is 0.366 e. The molecule has 2 aliphatic rings. The molecule has 1 fully saturated rings. The molecule has 2 aliphatic carbocycles. The number of hydrogen-bond acceptors (Lipinski definition) is 5. The molecule has 0 aromatic heterocycles. The standard InChI is InChI=1S/C22H23N3O4S/c23-22(27)15-8-11-20(19(12-15)25(28)29)30-13-21(26)24(16-9-10-16)18-7-3-5-14-4-1-2-6-17(14)18/h1-2,4,6,8,11-12,16,18H,3,5,7,9-10,13H2,(H2,23,27). The zero-order valence-electron chi connectivity index (χ0n) is 16.5. The van der Waals surface area contributed by atoms with Crippen LogP contribution in [0.3, 0.4) is 0 Å². The smallest absolute Gasteiger partial charge is 0.283 e. The predicted octanol–water partition coefficient (Wildman–Crippen LogP) is 3.85. The summed E-state index contributed by atoms with van der Waals surface area (Å²) in [4.78, 5) is 37.8. The Morgan fingerprint density at radius 2 is 1.93 bits per heavy atom. The van der Waals surface area contributed by atoms with Gasteiger partial charge >= 0.3 is 0 Å². The number of nitrogens with zero attached hydrogens (tertiary/aromatic N) is 2. The van der Waals surface area contributed by atoms with Crippen molar-refractivity contribution in [3.8, 4) is 0 Å². The van der Waals surface area contributed by atoms with Crippen molar-refractivity contribution in [1.29, 1.82) is 0 Å². The topological polar surface area (TPSA) is 107 Å². The van der Waals surface area contributed by atoms with E-state index in [2.05, 4.69) is 12.1 Å². The van der Waals surface area contributed by atoms with Crippen molar-refractivity contribution in [2.45, 2.75) is 49.1 Å². The first-order valence-electron chi connectivity index (χ1n) is 10.1. The molecule has 4 rings (SSSR count). The molecule has 2 N–H and O–H groups in total. The third kappa shape index (κ3) is 4.18. The molecule has 0 aliphatic heterocycles. The van der Waals surface area contributed by atoms with Gasteiger partial charge in [0.25, 0.3) is 5.69 Å². The van der Waals surface area contributed by atoms with Crippen LogP contribution in [0.4, 0.5) is 5.69 Å². The quantitative estimate of drug-likeness (QED) is 0.412. The Labute approximate surface area is 178 Å². The number of fused-ring (bicyclic) bond motifs is 1. The lowest BCUT2D eigenvalue weighted by molar-refractivity contribution is -0.387. The number of benzene rings is 2. The molecule has 0 heterocycles. The van der Waals surface area contributed by atoms with Crippen LogP contribution in [0.2, 0.25) is 0 Å². The fraction of sp³-hybridized carbons (Fsp3) is 0.364. The van der Waals surface area contributed by atoms with Gasteiger partial charge in [-0.3, -0.25) is 19.7 Å². The minimum atomic E-state index is -0.721. The van der Waals surface area contributed by atoms with E-state index in [1.807, 2.05) is 17.0 Å². The summed E-state index contributed by atoms with van der Waals surface area (Å²) in [6.07, 6.45) is 5.03. The number of rotatable bonds is 7. The maximum Gasteiger partial charge on any atom is 0.283 e. The number of nitrogens with two attached hydrogens (primary N) is 1. The lowest BCUT2D eigenvalue weighted by Crippen LogP contribution is -2.39. The minimum absolute atomic E-state index is 0.00233. The molecule has 30 heavy (non-hydrogen) atoms. The molecule has 2 aromatic rings. The molecule has 8 heteroatoms. The summed E-state index contributed by atoms with van der Waals surface area (Å²) >= 11 is 1.14. The molecule has 1 saturated carbocycles. The molecule has 156 valence electrons. The van der Waals surface area contributed by atoms with Crippen molar-refractivity contribution in [3.05, 3.63) is 69.3 Å². The molecule has 2 aromatic carbocycles. The second kappa shape index (κ2) is 8.47. The van der Waals surface area contributed by atoms with E-state index in [-0.39, 0.29) is 35.0 Å². The van der Waals surface area contributed by atoms with Crippen LogP contribution in [-0.2, 0) is 11.2 Å². The molecular formula is C22H23N3O4S. The SMILES string of the molecule is NC(=O)c1ccc(SCC(=O)N(C2CC2)C2CCCc3ccccc32)c([N+](=O)[O-])c1. The molecule has 0 saturated heterocycles. The summed E-state index contributed by atoms with van der Waals surface area (Å²) in [5.74, 6) is -0.606. The molecule has 1 unspecified atom stereocenters. The van der Waals surface area contributed by atoms with E-state index in [0.717, 1.165) is 43.9 Å². The molecule has 1 atom stereocenters. The van der Waals surface area contributed by atoms with Gasteiger partial charge in [0, 0.05) is 17.7 Å². The summed E-state index contributed by atoms with van der Waals surface area (Å²) < 4.78 is 0. The Bertz CT molecular complexity index is 1010. The second-order valence-corrected chi connectivity index (χ2v) is 8.75. The summed E-state index contributed by atoms with van der Waals surface area (Å²) in [7, 11) is 0. The van der Waals surface area contributed by atoms with Crippen molar-refractivity contribution in [3.63, 3.8) is 0 Å². The molecule has 2 amide bonds. The first-order chi connectivity index (χ1) is 14.5. The number of nitro groups is 1. The molecule has 0 bridgehead atoms. The highest BCUT2D eigenvalue weighted by Gasteiger charge is 2.39. The number of amides is 2. The van der Waals surface area contributed by atoms with Crippen molar-refractivity contribution < 1.29 is 14.5 Å². The normalized spacial score (nSPS) is 17.8. The Morgan fingerprint density at radius 1 is 1.17 bits per heavy atom. The molecule has 0 radical (unpaired) electrons. The molecular weight excluding hydrogens is 402 g/mol. The van der Waals surface area contributed by atoms with Gasteiger partial charge < -0.3 is 10.6 Å². The lowest BCUT2D eigenvalue weighted by Gasteiger charge is -2.36. The van der Waals surface area contributed by atoms with Crippen LogP contribution in [-0.4, -0.2) is 33.4 Å². The number of carbonyl (C=O) groups is 2. The summed E-state index contributed by atoms with van der Waals surface area (Å²) in [5.41, 5.74) is 7.63. The number of aryl methyl sites for hydroxylation is 1. The predicted molar refractivity (Wildman–Crippen MR) is 114 cm³/mol. The number of thioether (sulfide) groups is 1. The zero-order valence-corrected chi connectivity index (χ0v) is 17.3. The lowest BCUT2D eigenvalue weighted by atomic mass is 9.86. The fourth-order valence-electron chi connectivity index (χ4n) is 4.15. The van der Waals surface area contributed by atoms with E-state index in [4.69, 9.17) is 5.73 Å². The molecule has 7 nitrogen and oxygen atoms in total. The van der Waals surface area contributed by atoms with E-state index in [1.54, 1.807) is 0 Å². The molecule has 0 spiro atoms. The van der Waals surface area contributed by atoms with Gasteiger partial charge in [-0.1, -0.05) is 24.3 Å². The van der Waals surface area contributed by atoms with Crippen LogP contribution in [0.15, 0.2) is 47.4 Å². The van der Waals surface area contributed by atoms with Crippen LogP contribution in [0.1, 0.15) is 53.2 Å². The summed E-state index contributed by atoms with van der Waals surface area (Å²) in [6.45, 7) is 0. The Morgan fingerprint density at radius 3 is 2.63 bits per heavy atom. The van der Waals surface area contributed by atoms with Gasteiger partial charge in [0.05, 0.1) is 21.6 Å². The van der Waals surface area contributed by atoms with Crippen LogP contribution >= 0.6 is 11.8 Å². The Hall–Kier alpha value is -2.87. The Kier molecular flexibility index (Phi) is 5.76. The van der Waals surface area contributed by atoms with Gasteiger partial charge in [0.15, 0.2) is 0 Å². The average Bonchev–Trinajstić information content (AvgIpc) is 3.57. The van der Waals surface area contributed by atoms with Gasteiger partial charge in [0.2, 0.25) is 11.8 Å². The summed E-state index contributed by atoms with van der Waals surface area (Å²) in [5, 5.41) is 11.4. The van der Waals surface area contributed by atoms with Crippen LogP contribution in [0.25, 0.3) is 0 Å². The zero-order chi connectivity index (χ0) is 21.3. The second-order valence-electron chi connectivity index (χ2n) is 7.73. The van der Waals surface area contributed by atoms with Crippen LogP contribution in [0.5, 0.6) is 0 Å². The minimum Gasteiger partial charge on any atom is -0.366 e. The van der Waals surface area contributed by atoms with Gasteiger partial charge in [-0.05, 0) is 55.4 Å².